The second-order valence-corrected chi connectivity index (χ2v) is 6.45. The van der Waals surface area contributed by atoms with Gasteiger partial charge in [0.25, 0.3) is 5.91 Å². The number of nitrogens with one attached hydrogen (secondary N) is 1. The van der Waals surface area contributed by atoms with Gasteiger partial charge >= 0.3 is 0 Å². The van der Waals surface area contributed by atoms with Crippen LogP contribution < -0.4 is 10.2 Å². The highest BCUT2D eigenvalue weighted by atomic mass is 16.1. The van der Waals surface area contributed by atoms with E-state index in [-0.39, 0.29) is 11.7 Å². The Hall–Kier alpha value is -3.40. The number of hydrogen-bond donors (Lipinski definition) is 1. The Bertz CT molecular complexity index is 934. The number of ketones is 1. The highest BCUT2D eigenvalue weighted by Gasteiger charge is 2.12. The molecule has 0 spiro atoms. The maximum absolute atomic E-state index is 12.6. The van der Waals surface area contributed by atoms with Crippen LogP contribution in [-0.4, -0.2) is 18.7 Å². The number of anilines is 2. The smallest absolute Gasteiger partial charge is 0.255 e. The molecular formula is C23H22N2O2. The van der Waals surface area contributed by atoms with Gasteiger partial charge in [0, 0.05) is 24.7 Å². The maximum Gasteiger partial charge on any atom is 0.255 e. The third-order valence-electron chi connectivity index (χ3n) is 4.38. The number of rotatable bonds is 6. The molecule has 0 aliphatic carbocycles. The summed E-state index contributed by atoms with van der Waals surface area (Å²) in [6.07, 6.45) is 0. The van der Waals surface area contributed by atoms with Crippen molar-refractivity contribution in [1.82, 2.24) is 0 Å². The van der Waals surface area contributed by atoms with E-state index in [0.717, 1.165) is 17.9 Å². The monoisotopic (exact) mass is 358 g/mol. The van der Waals surface area contributed by atoms with E-state index in [1.807, 2.05) is 49.5 Å². The summed E-state index contributed by atoms with van der Waals surface area (Å²) < 4.78 is 0. The molecule has 136 valence electrons. The zero-order valence-corrected chi connectivity index (χ0v) is 15.5. The van der Waals surface area contributed by atoms with E-state index in [9.17, 15) is 9.59 Å². The van der Waals surface area contributed by atoms with E-state index in [1.54, 1.807) is 24.3 Å². The second-order valence-electron chi connectivity index (χ2n) is 6.45. The van der Waals surface area contributed by atoms with Crippen molar-refractivity contribution in [2.75, 3.05) is 17.3 Å². The molecule has 3 aromatic rings. The van der Waals surface area contributed by atoms with Crippen LogP contribution in [0.3, 0.4) is 0 Å². The van der Waals surface area contributed by atoms with Crippen molar-refractivity contribution in [1.29, 1.82) is 0 Å². The number of nitrogens with zero attached hydrogens (tertiary/aromatic N) is 1. The number of carbonyl (C=O) groups excluding carboxylic acids is 2. The highest BCUT2D eigenvalue weighted by Crippen LogP contribution is 2.26. The van der Waals surface area contributed by atoms with E-state index in [4.69, 9.17) is 0 Å². The number of carbonyl (C=O) groups is 2. The van der Waals surface area contributed by atoms with Crippen molar-refractivity contribution in [3.63, 3.8) is 0 Å². The molecule has 0 aromatic heterocycles. The fourth-order valence-corrected chi connectivity index (χ4v) is 2.91. The maximum atomic E-state index is 12.6. The molecule has 1 amide bonds. The summed E-state index contributed by atoms with van der Waals surface area (Å²) in [5.74, 6) is -0.222. The molecule has 0 saturated heterocycles. The van der Waals surface area contributed by atoms with Crippen molar-refractivity contribution in [2.45, 2.75) is 13.5 Å². The summed E-state index contributed by atoms with van der Waals surface area (Å²) in [7, 11) is 2.00. The molecule has 4 nitrogen and oxygen atoms in total. The lowest BCUT2D eigenvalue weighted by atomic mass is 10.1. The Balaban J connectivity index is 1.77. The van der Waals surface area contributed by atoms with Crippen LogP contribution in [0.25, 0.3) is 0 Å². The van der Waals surface area contributed by atoms with Gasteiger partial charge in [-0.3, -0.25) is 9.59 Å². The number of hydrogen-bond acceptors (Lipinski definition) is 3. The summed E-state index contributed by atoms with van der Waals surface area (Å²) in [6, 6.07) is 24.6. The third-order valence-corrected chi connectivity index (χ3v) is 4.38. The molecule has 3 rings (SSSR count). The first-order valence-electron chi connectivity index (χ1n) is 8.81. The standard InChI is InChI=1S/C23H22N2O2/c1-17(26)19-12-14-20(15-13-19)23(27)24-21-10-6-7-11-22(21)25(2)16-18-8-4-3-5-9-18/h3-15H,16H2,1-2H3,(H,24,27). The summed E-state index contributed by atoms with van der Waals surface area (Å²) in [5, 5.41) is 2.98. The first kappa shape index (κ1) is 18.4. The lowest BCUT2D eigenvalue weighted by molar-refractivity contribution is 0.101. The van der Waals surface area contributed by atoms with E-state index in [0.29, 0.717) is 11.1 Å². The van der Waals surface area contributed by atoms with Crippen LogP contribution in [-0.2, 0) is 6.54 Å². The largest absolute Gasteiger partial charge is 0.369 e. The quantitative estimate of drug-likeness (QED) is 0.645. The molecule has 3 aromatic carbocycles. The molecule has 0 saturated carbocycles. The van der Waals surface area contributed by atoms with Crippen molar-refractivity contribution < 1.29 is 9.59 Å². The lowest BCUT2D eigenvalue weighted by Crippen LogP contribution is -2.20. The van der Waals surface area contributed by atoms with E-state index >= 15 is 0 Å². The van der Waals surface area contributed by atoms with Crippen LogP contribution in [0, 0.1) is 0 Å². The van der Waals surface area contributed by atoms with Gasteiger partial charge in [-0.1, -0.05) is 54.6 Å². The molecule has 0 bridgehead atoms. The van der Waals surface area contributed by atoms with Crippen LogP contribution >= 0.6 is 0 Å². The molecule has 0 aliphatic rings. The van der Waals surface area contributed by atoms with Gasteiger partial charge in [0.15, 0.2) is 5.78 Å². The number of Topliss-reactive ketones (excluding diaryl/α,β-unsaturated/α-hetero) is 1. The predicted molar refractivity (Wildman–Crippen MR) is 109 cm³/mol. The van der Waals surface area contributed by atoms with Crippen LogP contribution in [0.15, 0.2) is 78.9 Å². The van der Waals surface area contributed by atoms with Gasteiger partial charge in [0.05, 0.1) is 11.4 Å². The van der Waals surface area contributed by atoms with Crippen LogP contribution in [0.1, 0.15) is 33.2 Å². The number of benzene rings is 3. The van der Waals surface area contributed by atoms with Gasteiger partial charge in [-0.05, 0) is 36.8 Å². The molecule has 0 aliphatic heterocycles. The molecule has 0 atom stereocenters. The van der Waals surface area contributed by atoms with Crippen molar-refractivity contribution >= 4 is 23.1 Å². The lowest BCUT2D eigenvalue weighted by Gasteiger charge is -2.23. The minimum Gasteiger partial charge on any atom is -0.369 e. The second kappa shape index (κ2) is 8.32. The Morgan fingerprint density at radius 3 is 2.07 bits per heavy atom. The van der Waals surface area contributed by atoms with Gasteiger partial charge < -0.3 is 10.2 Å². The van der Waals surface area contributed by atoms with E-state index in [1.165, 1.54) is 12.5 Å². The molecule has 0 fully saturated rings. The zero-order valence-electron chi connectivity index (χ0n) is 15.5. The SMILES string of the molecule is CC(=O)c1ccc(C(=O)Nc2ccccc2N(C)Cc2ccccc2)cc1. The van der Waals surface area contributed by atoms with Crippen LogP contribution in [0.2, 0.25) is 0 Å². The molecule has 0 heterocycles. The third kappa shape index (κ3) is 4.61. The van der Waals surface area contributed by atoms with Gasteiger partial charge in [0.2, 0.25) is 0 Å². The number of para-hydroxylation sites is 2. The zero-order chi connectivity index (χ0) is 19.2. The Morgan fingerprint density at radius 2 is 1.41 bits per heavy atom. The van der Waals surface area contributed by atoms with Crippen molar-refractivity contribution in [2.24, 2.45) is 0 Å². The van der Waals surface area contributed by atoms with E-state index < -0.39 is 0 Å². The number of amides is 1. The molecule has 27 heavy (non-hydrogen) atoms. The van der Waals surface area contributed by atoms with Gasteiger partial charge in [0.1, 0.15) is 0 Å². The molecule has 0 unspecified atom stereocenters. The molecule has 0 radical (unpaired) electrons. The molecule has 4 heteroatoms. The van der Waals surface area contributed by atoms with Crippen LogP contribution in [0.5, 0.6) is 0 Å². The average molecular weight is 358 g/mol. The van der Waals surface area contributed by atoms with Gasteiger partial charge in [-0.15, -0.1) is 0 Å². The topological polar surface area (TPSA) is 49.4 Å². The summed E-state index contributed by atoms with van der Waals surface area (Å²) >= 11 is 0. The Morgan fingerprint density at radius 1 is 0.815 bits per heavy atom. The highest BCUT2D eigenvalue weighted by molar-refractivity contribution is 6.06. The first-order valence-corrected chi connectivity index (χ1v) is 8.81. The molecule has 1 N–H and O–H groups in total. The summed E-state index contributed by atoms with van der Waals surface area (Å²) in [6.45, 7) is 2.24. The minimum absolute atomic E-state index is 0.0187. The van der Waals surface area contributed by atoms with Gasteiger partial charge in [-0.25, -0.2) is 0 Å². The predicted octanol–water partition coefficient (Wildman–Crippen LogP) is 4.78. The Kier molecular flexibility index (Phi) is 5.67. The fraction of sp³-hybridized carbons (Fsp3) is 0.130. The van der Waals surface area contributed by atoms with E-state index in [2.05, 4.69) is 22.3 Å². The van der Waals surface area contributed by atoms with Crippen molar-refractivity contribution in [3.05, 3.63) is 95.6 Å². The minimum atomic E-state index is -0.203. The Labute approximate surface area is 159 Å². The summed E-state index contributed by atoms with van der Waals surface area (Å²) in [4.78, 5) is 26.1. The first-order chi connectivity index (χ1) is 13.0. The van der Waals surface area contributed by atoms with Crippen molar-refractivity contribution in [3.8, 4) is 0 Å². The van der Waals surface area contributed by atoms with Crippen LogP contribution in [0.4, 0.5) is 11.4 Å². The fourth-order valence-electron chi connectivity index (χ4n) is 2.91. The molecular weight excluding hydrogens is 336 g/mol. The van der Waals surface area contributed by atoms with Gasteiger partial charge in [-0.2, -0.15) is 0 Å². The normalized spacial score (nSPS) is 10.3. The summed E-state index contributed by atoms with van der Waals surface area (Å²) in [5.41, 5.74) is 3.99. The average Bonchev–Trinajstić information content (AvgIpc) is 2.69.